The molecule has 2 heterocycles. The fourth-order valence-electron chi connectivity index (χ4n) is 13.7. The molecular weight excluding hydrogens is 793 g/mol. The van der Waals surface area contributed by atoms with Crippen LogP contribution in [0.4, 0.5) is 4.79 Å². The van der Waals surface area contributed by atoms with Gasteiger partial charge in [-0.05, 0) is 136 Å². The summed E-state index contributed by atoms with van der Waals surface area (Å²) >= 11 is 0. The van der Waals surface area contributed by atoms with E-state index in [1.807, 2.05) is 24.2 Å². The molecule has 1 aromatic rings. The molecule has 8 rings (SSSR count). The van der Waals surface area contributed by atoms with Crippen molar-refractivity contribution < 1.29 is 33.8 Å². The van der Waals surface area contributed by atoms with Crippen molar-refractivity contribution in [3.8, 4) is 0 Å². The maximum absolute atomic E-state index is 14.2. The average Bonchev–Trinajstić information content (AvgIpc) is 4.05. The normalized spacial score (nSPS) is 35.1. The molecule has 0 bridgehead atoms. The van der Waals surface area contributed by atoms with Crippen LogP contribution in [0.25, 0.3) is 0 Å². The van der Waals surface area contributed by atoms with Crippen molar-refractivity contribution in [3.05, 3.63) is 61.2 Å². The van der Waals surface area contributed by atoms with E-state index < -0.39 is 33.9 Å². The van der Waals surface area contributed by atoms with Gasteiger partial charge in [-0.1, -0.05) is 63.3 Å². The number of rotatable bonds is 8. The Kier molecular flexibility index (Phi) is 15.5. The van der Waals surface area contributed by atoms with E-state index in [9.17, 15) is 24.3 Å². The van der Waals surface area contributed by atoms with Gasteiger partial charge >= 0.3 is 18.0 Å². The lowest BCUT2D eigenvalue weighted by molar-refractivity contribution is -0.209. The van der Waals surface area contributed by atoms with Crippen LogP contribution in [0.1, 0.15) is 159 Å². The van der Waals surface area contributed by atoms with Gasteiger partial charge in [-0.25, -0.2) is 14.8 Å². The number of fused-ring (bicyclic) bond motifs is 4. The van der Waals surface area contributed by atoms with Crippen molar-refractivity contribution in [2.75, 3.05) is 6.54 Å². The number of aliphatic carboxylic acids is 1. The molecule has 6 aliphatic carbocycles. The van der Waals surface area contributed by atoms with Crippen LogP contribution in [0.2, 0.25) is 0 Å². The number of ketones is 1. The molecule has 63 heavy (non-hydrogen) atoms. The first-order valence-electron chi connectivity index (χ1n) is 22.4. The number of hydrogen-bond acceptors (Lipinski definition) is 9. The largest absolute Gasteiger partial charge is 0.481 e. The number of carbonyl (C=O) groups excluding carboxylic acids is 3. The Morgan fingerprint density at radius 2 is 1.51 bits per heavy atom. The second kappa shape index (κ2) is 18.4. The molecule has 11 nitrogen and oxygen atoms in total. The number of aromatic nitrogens is 2. The third kappa shape index (κ3) is 8.14. The van der Waals surface area contributed by atoms with Gasteiger partial charge in [0, 0.05) is 36.1 Å². The van der Waals surface area contributed by atoms with Crippen LogP contribution >= 0.6 is 0 Å². The number of carboxylic acids is 1. The number of amides is 1. The Morgan fingerprint density at radius 3 is 2.05 bits per heavy atom. The molecule has 2 N–H and O–H groups in total. The van der Waals surface area contributed by atoms with E-state index >= 15 is 0 Å². The lowest BCUT2D eigenvalue weighted by Crippen LogP contribution is -2.62. The summed E-state index contributed by atoms with van der Waals surface area (Å²) in [5.74, 6) is 0.971. The molecule has 1 saturated heterocycles. The molecule has 9 unspecified atom stereocenters. The number of carbonyl (C=O) groups is 4. The number of ether oxygens (including phenoxy) is 2. The first-order valence-corrected chi connectivity index (χ1v) is 22.4. The third-order valence-corrected chi connectivity index (χ3v) is 17.1. The van der Waals surface area contributed by atoms with E-state index in [0.29, 0.717) is 43.0 Å². The van der Waals surface area contributed by atoms with Crippen molar-refractivity contribution in [2.24, 2.45) is 56.7 Å². The van der Waals surface area contributed by atoms with E-state index in [1.165, 1.54) is 5.57 Å². The van der Waals surface area contributed by atoms with Crippen molar-refractivity contribution >= 4 is 30.5 Å². The number of nitrogens with zero attached hydrogens (tertiary/aromatic N) is 3. The molecule has 0 aromatic carbocycles. The number of carboxylic acid groups (broad SMARTS) is 1. The zero-order valence-electron chi connectivity index (χ0n) is 38.9. The highest BCUT2D eigenvalue weighted by Gasteiger charge is 2.81. The molecule has 352 valence electrons. The Hall–Kier alpha value is -4.15. The number of nitrogens with one attached hydrogen (secondary N) is 1. The van der Waals surface area contributed by atoms with Crippen LogP contribution in [0.15, 0.2) is 49.9 Å². The summed E-state index contributed by atoms with van der Waals surface area (Å²) in [4.78, 5) is 64.1. The Morgan fingerprint density at radius 1 is 0.937 bits per heavy atom. The molecule has 7 aliphatic rings. The Labute approximate surface area is 379 Å². The SMILES string of the molecule is C.C.C=C.C=C.C=N.Cc1cnc(C2(N3CC4(CC45CC(=O)C(C(C)C)=C5C4CCC5C(C)(CCC6C(C)(C)C(OC(=O)CC(C)(C)C(=O)O)CCC65C)C4C)OC3=O)CC2)nc1. The lowest BCUT2D eigenvalue weighted by atomic mass is 9.38. The van der Waals surface area contributed by atoms with Crippen LogP contribution in [-0.2, 0) is 29.4 Å². The second-order valence-corrected chi connectivity index (χ2v) is 21.2. The molecule has 11 heteroatoms. The summed E-state index contributed by atoms with van der Waals surface area (Å²) in [6.07, 6.45) is 11.6. The molecule has 1 aliphatic heterocycles. The van der Waals surface area contributed by atoms with Gasteiger partial charge in [0.1, 0.15) is 17.2 Å². The highest BCUT2D eigenvalue weighted by Crippen LogP contribution is 2.77. The summed E-state index contributed by atoms with van der Waals surface area (Å²) in [7, 11) is 0. The van der Waals surface area contributed by atoms with E-state index in [4.69, 9.17) is 14.9 Å². The summed E-state index contributed by atoms with van der Waals surface area (Å²) in [5.41, 5.74) is 0.255. The van der Waals surface area contributed by atoms with E-state index in [-0.39, 0.29) is 67.3 Å². The van der Waals surface area contributed by atoms with Gasteiger partial charge in [0.25, 0.3) is 0 Å². The average molecular weight is 875 g/mol. The van der Waals surface area contributed by atoms with Crippen LogP contribution in [-0.4, -0.2) is 68.8 Å². The van der Waals surface area contributed by atoms with Crippen molar-refractivity contribution in [3.63, 3.8) is 0 Å². The first-order chi connectivity index (χ1) is 28.6. The fourth-order valence-corrected chi connectivity index (χ4v) is 13.7. The highest BCUT2D eigenvalue weighted by molar-refractivity contribution is 6.02. The molecule has 1 aromatic heterocycles. The van der Waals surface area contributed by atoms with E-state index in [0.717, 1.165) is 62.5 Å². The molecule has 1 amide bonds. The molecule has 5 saturated carbocycles. The summed E-state index contributed by atoms with van der Waals surface area (Å²) < 4.78 is 12.7. The third-order valence-electron chi connectivity index (χ3n) is 17.1. The zero-order valence-corrected chi connectivity index (χ0v) is 38.9. The van der Waals surface area contributed by atoms with Gasteiger partial charge in [0.05, 0.1) is 18.4 Å². The van der Waals surface area contributed by atoms with Crippen LogP contribution in [0.5, 0.6) is 0 Å². The van der Waals surface area contributed by atoms with Crippen LogP contribution in [0, 0.1) is 69.0 Å². The lowest BCUT2D eigenvalue weighted by Gasteiger charge is -2.67. The number of Topliss-reactive ketones (excluding diaryl/α,β-unsaturated/α-hetero) is 1. The second-order valence-electron chi connectivity index (χ2n) is 21.2. The predicted molar refractivity (Wildman–Crippen MR) is 251 cm³/mol. The van der Waals surface area contributed by atoms with E-state index in [2.05, 4.69) is 91.5 Å². The standard InChI is InChI=1S/C45H63N3O7.2C2H4.CH3N.2CH4/c1-25(2)34-29(49)19-43(23-45(43)24-48(38(53)55-45)44(17-18-44)36-46-21-26(3)22-47-36)35(34)28-11-12-31-41(9,27(28)4)15-13-30-40(7,8)32(14-16-42(30,31)10)54-33(50)20-39(5,6)37(51)52;3*1-2;;/h21-22,25,27-28,30-32H,11-20,23-24H2,1-10H3,(H,51,52);2*1-2H2;2H,1H2;2*1H4. The maximum atomic E-state index is 14.2. The molecule has 6 fully saturated rings. The number of hydrogen-bond donors (Lipinski definition) is 2. The van der Waals surface area contributed by atoms with Gasteiger partial charge in [0.15, 0.2) is 11.6 Å². The summed E-state index contributed by atoms with van der Waals surface area (Å²) in [6, 6.07) is 0. The van der Waals surface area contributed by atoms with Gasteiger partial charge in [-0.3, -0.25) is 19.3 Å². The number of allylic oxidation sites excluding steroid dienone is 1. The van der Waals surface area contributed by atoms with Crippen molar-refractivity contribution in [1.82, 2.24) is 14.9 Å². The number of aryl methyl sites for hydroxylation is 1. The first kappa shape index (κ1) is 53.2. The summed E-state index contributed by atoms with van der Waals surface area (Å²) in [6.45, 7) is 36.4. The quantitative estimate of drug-likeness (QED) is 0.147. The van der Waals surface area contributed by atoms with Crippen LogP contribution < -0.4 is 0 Å². The molecule has 9 atom stereocenters. The van der Waals surface area contributed by atoms with Gasteiger partial charge in [-0.15, -0.1) is 26.3 Å². The predicted octanol–water partition coefficient (Wildman–Crippen LogP) is 11.7. The molecule has 2 spiro atoms. The van der Waals surface area contributed by atoms with Gasteiger partial charge in [-0.2, -0.15) is 0 Å². The topological polar surface area (TPSA) is 160 Å². The fraction of sp³-hybridized carbons (Fsp3) is 0.712. The minimum atomic E-state index is -1.17. The Balaban J connectivity index is 0.00000127. The van der Waals surface area contributed by atoms with Crippen LogP contribution in [0.3, 0.4) is 0 Å². The van der Waals surface area contributed by atoms with Gasteiger partial charge in [0.2, 0.25) is 0 Å². The van der Waals surface area contributed by atoms with E-state index in [1.54, 1.807) is 13.8 Å². The van der Waals surface area contributed by atoms with Gasteiger partial charge < -0.3 is 20.0 Å². The highest BCUT2D eigenvalue weighted by atomic mass is 16.6. The monoisotopic (exact) mass is 875 g/mol. The summed E-state index contributed by atoms with van der Waals surface area (Å²) in [5, 5.41) is 15.1. The minimum absolute atomic E-state index is 0. The van der Waals surface area contributed by atoms with Crippen molar-refractivity contribution in [2.45, 2.75) is 172 Å². The molecule has 0 radical (unpaired) electrons. The number of esters is 1. The smallest absolute Gasteiger partial charge is 0.411 e. The minimum Gasteiger partial charge on any atom is -0.481 e. The zero-order chi connectivity index (χ0) is 45.9. The van der Waals surface area contributed by atoms with Crippen molar-refractivity contribution in [1.29, 1.82) is 5.41 Å². The Bertz CT molecular complexity index is 1910. The molecular formula is C52H82N4O7. The maximum Gasteiger partial charge on any atom is 0.411 e.